The zero-order chi connectivity index (χ0) is 15.7. The number of carbonyl (C=O) groups is 1. The van der Waals surface area contributed by atoms with E-state index < -0.39 is 6.10 Å². The molecule has 5 nitrogen and oxygen atoms in total. The highest BCUT2D eigenvalue weighted by atomic mass is 19.1. The molecule has 0 radical (unpaired) electrons. The summed E-state index contributed by atoms with van der Waals surface area (Å²) in [7, 11) is 0. The number of rotatable bonds is 4. The fraction of sp³-hybridized carbons (Fsp3) is 0.438. The molecule has 1 unspecified atom stereocenters. The maximum absolute atomic E-state index is 13.6. The number of nitrogens with zero attached hydrogens (tertiary/aromatic N) is 2. The highest BCUT2D eigenvalue weighted by molar-refractivity contribution is 5.73. The van der Waals surface area contributed by atoms with Crippen molar-refractivity contribution in [2.75, 3.05) is 0 Å². The third-order valence-corrected chi connectivity index (χ3v) is 3.95. The Labute approximate surface area is 127 Å². The molecule has 0 amide bonds. The lowest BCUT2D eigenvalue weighted by Gasteiger charge is -2.24. The minimum absolute atomic E-state index is 0.00367. The summed E-state index contributed by atoms with van der Waals surface area (Å²) in [4.78, 5) is 16.0. The molecule has 1 aliphatic carbocycles. The van der Waals surface area contributed by atoms with Gasteiger partial charge in [-0.1, -0.05) is 23.7 Å². The Hall–Kier alpha value is -2.24. The van der Waals surface area contributed by atoms with E-state index in [1.54, 1.807) is 26.0 Å². The summed E-state index contributed by atoms with van der Waals surface area (Å²) in [6.07, 6.45) is 2.22. The van der Waals surface area contributed by atoms with Crippen LogP contribution in [0.1, 0.15) is 43.7 Å². The van der Waals surface area contributed by atoms with E-state index in [4.69, 9.17) is 9.26 Å². The topological polar surface area (TPSA) is 65.2 Å². The van der Waals surface area contributed by atoms with Gasteiger partial charge in [0.25, 0.3) is 5.89 Å². The predicted octanol–water partition coefficient (Wildman–Crippen LogP) is 3.59. The summed E-state index contributed by atoms with van der Waals surface area (Å²) < 4.78 is 24.0. The second-order valence-corrected chi connectivity index (χ2v) is 5.63. The number of ether oxygens (including phenoxy) is 1. The molecule has 0 spiro atoms. The molecule has 1 aromatic carbocycles. The number of halogens is 1. The first-order valence-corrected chi connectivity index (χ1v) is 7.35. The largest absolute Gasteiger partial charge is 0.452 e. The molecule has 0 aliphatic heterocycles. The summed E-state index contributed by atoms with van der Waals surface area (Å²) in [6, 6.07) is 4.73. The molecule has 1 aromatic heterocycles. The van der Waals surface area contributed by atoms with Crippen molar-refractivity contribution in [2.45, 2.75) is 39.2 Å². The molecule has 1 aliphatic rings. The molecule has 1 heterocycles. The van der Waals surface area contributed by atoms with Gasteiger partial charge in [0.1, 0.15) is 5.82 Å². The van der Waals surface area contributed by atoms with Crippen LogP contribution in [0.25, 0.3) is 11.4 Å². The molecule has 116 valence electrons. The third kappa shape index (κ3) is 2.86. The van der Waals surface area contributed by atoms with Gasteiger partial charge in [-0.05, 0) is 38.3 Å². The molecule has 22 heavy (non-hydrogen) atoms. The van der Waals surface area contributed by atoms with Crippen molar-refractivity contribution in [1.82, 2.24) is 10.1 Å². The molecule has 0 saturated heterocycles. The van der Waals surface area contributed by atoms with Crippen molar-refractivity contribution in [3.63, 3.8) is 0 Å². The molecule has 1 saturated carbocycles. The van der Waals surface area contributed by atoms with Gasteiger partial charge in [-0.3, -0.25) is 4.79 Å². The molecule has 1 fully saturated rings. The number of aryl methyl sites for hydroxylation is 1. The minimum atomic E-state index is -0.607. The summed E-state index contributed by atoms with van der Waals surface area (Å²) >= 11 is 0. The van der Waals surface area contributed by atoms with Crippen molar-refractivity contribution in [1.29, 1.82) is 0 Å². The summed E-state index contributed by atoms with van der Waals surface area (Å²) in [5, 5.41) is 3.82. The van der Waals surface area contributed by atoms with Crippen molar-refractivity contribution < 1.29 is 18.4 Å². The Morgan fingerprint density at radius 1 is 1.45 bits per heavy atom. The Balaban J connectivity index is 1.72. The molecule has 6 heteroatoms. The average Bonchev–Trinajstić information content (AvgIpc) is 2.89. The van der Waals surface area contributed by atoms with Crippen molar-refractivity contribution in [2.24, 2.45) is 5.92 Å². The molecule has 3 rings (SSSR count). The first kappa shape index (κ1) is 14.7. The maximum Gasteiger partial charge on any atom is 0.309 e. The summed E-state index contributed by atoms with van der Waals surface area (Å²) in [5.74, 6) is -0.0617. The third-order valence-electron chi connectivity index (χ3n) is 3.95. The van der Waals surface area contributed by atoms with Crippen molar-refractivity contribution in [3.05, 3.63) is 35.5 Å². The number of hydrogen-bond donors (Lipinski definition) is 0. The smallest absolute Gasteiger partial charge is 0.309 e. The Bertz CT molecular complexity index is 694. The molecule has 2 aromatic rings. The van der Waals surface area contributed by atoms with E-state index in [2.05, 4.69) is 10.1 Å². The van der Waals surface area contributed by atoms with Crippen LogP contribution in [0.5, 0.6) is 0 Å². The number of carbonyl (C=O) groups excluding carboxylic acids is 1. The number of hydrogen-bond acceptors (Lipinski definition) is 5. The van der Waals surface area contributed by atoms with Gasteiger partial charge in [-0.15, -0.1) is 0 Å². The standard InChI is InChI=1S/C16H17FN2O3/c1-9-6-7-12(8-13(9)17)14-18-15(22-19-14)10(2)21-16(20)11-4-3-5-11/h6-8,10-11H,3-5H2,1-2H3. The van der Waals surface area contributed by atoms with E-state index in [0.29, 0.717) is 11.1 Å². The van der Waals surface area contributed by atoms with Gasteiger partial charge in [-0.25, -0.2) is 4.39 Å². The summed E-state index contributed by atoms with van der Waals surface area (Å²) in [6.45, 7) is 3.37. The van der Waals surface area contributed by atoms with Gasteiger partial charge in [0.05, 0.1) is 5.92 Å². The highest BCUT2D eigenvalue weighted by Gasteiger charge is 2.29. The van der Waals surface area contributed by atoms with Crippen molar-refractivity contribution in [3.8, 4) is 11.4 Å². The Kier molecular flexibility index (Phi) is 3.92. The van der Waals surface area contributed by atoms with Crippen LogP contribution in [0.15, 0.2) is 22.7 Å². The molecular formula is C16H17FN2O3. The zero-order valence-corrected chi connectivity index (χ0v) is 12.5. The van der Waals surface area contributed by atoms with Gasteiger partial charge in [0.2, 0.25) is 5.82 Å². The molecular weight excluding hydrogens is 287 g/mol. The second-order valence-electron chi connectivity index (χ2n) is 5.63. The van der Waals surface area contributed by atoms with E-state index >= 15 is 0 Å². The first-order chi connectivity index (χ1) is 10.5. The molecule has 1 atom stereocenters. The van der Waals surface area contributed by atoms with Crippen LogP contribution in [0.3, 0.4) is 0 Å². The lowest BCUT2D eigenvalue weighted by Crippen LogP contribution is -2.25. The first-order valence-electron chi connectivity index (χ1n) is 7.35. The maximum atomic E-state index is 13.6. The molecule has 0 N–H and O–H groups in total. The van der Waals surface area contributed by atoms with Crippen LogP contribution in [0, 0.1) is 18.7 Å². The lowest BCUT2D eigenvalue weighted by molar-refractivity contribution is -0.157. The second kappa shape index (κ2) is 5.87. The monoisotopic (exact) mass is 304 g/mol. The minimum Gasteiger partial charge on any atom is -0.452 e. The van der Waals surface area contributed by atoms with E-state index in [1.807, 2.05) is 0 Å². The SMILES string of the molecule is Cc1ccc(-c2noc(C(C)OC(=O)C3CCC3)n2)cc1F. The van der Waals surface area contributed by atoms with Crippen molar-refractivity contribution >= 4 is 5.97 Å². The lowest BCUT2D eigenvalue weighted by atomic mass is 9.86. The van der Waals surface area contributed by atoms with Crippen LogP contribution in [-0.4, -0.2) is 16.1 Å². The Morgan fingerprint density at radius 3 is 2.86 bits per heavy atom. The van der Waals surface area contributed by atoms with Crippen LogP contribution in [0.2, 0.25) is 0 Å². The highest BCUT2D eigenvalue weighted by Crippen LogP contribution is 2.30. The fourth-order valence-electron chi connectivity index (χ4n) is 2.21. The number of benzene rings is 1. The van der Waals surface area contributed by atoms with E-state index in [1.165, 1.54) is 6.07 Å². The predicted molar refractivity (Wildman–Crippen MR) is 76.3 cm³/mol. The van der Waals surface area contributed by atoms with Gasteiger partial charge >= 0.3 is 5.97 Å². The van der Waals surface area contributed by atoms with E-state index in [-0.39, 0.29) is 29.4 Å². The van der Waals surface area contributed by atoms with Gasteiger partial charge in [0.15, 0.2) is 6.10 Å². The number of aromatic nitrogens is 2. The van der Waals surface area contributed by atoms with E-state index in [9.17, 15) is 9.18 Å². The van der Waals surface area contributed by atoms with Crippen LogP contribution >= 0.6 is 0 Å². The average molecular weight is 304 g/mol. The fourth-order valence-corrected chi connectivity index (χ4v) is 2.21. The zero-order valence-electron chi connectivity index (χ0n) is 12.5. The Morgan fingerprint density at radius 2 is 2.23 bits per heavy atom. The molecule has 0 bridgehead atoms. The van der Waals surface area contributed by atoms with Gasteiger partial charge < -0.3 is 9.26 Å². The quantitative estimate of drug-likeness (QED) is 0.808. The van der Waals surface area contributed by atoms with E-state index in [0.717, 1.165) is 19.3 Å². The van der Waals surface area contributed by atoms with Crippen LogP contribution in [0.4, 0.5) is 4.39 Å². The number of esters is 1. The summed E-state index contributed by atoms with van der Waals surface area (Å²) in [5.41, 5.74) is 1.07. The van der Waals surface area contributed by atoms with Gasteiger partial charge in [-0.2, -0.15) is 4.98 Å². The van der Waals surface area contributed by atoms with Crippen LogP contribution < -0.4 is 0 Å². The normalized spacial score (nSPS) is 16.1. The van der Waals surface area contributed by atoms with Crippen LogP contribution in [-0.2, 0) is 9.53 Å². The van der Waals surface area contributed by atoms with Gasteiger partial charge in [0, 0.05) is 5.56 Å².